The summed E-state index contributed by atoms with van der Waals surface area (Å²) in [5, 5.41) is 3.41. The predicted molar refractivity (Wildman–Crippen MR) is 73.8 cm³/mol. The first-order valence-electron chi connectivity index (χ1n) is 6.06. The van der Waals surface area contributed by atoms with E-state index in [9.17, 15) is 0 Å². The lowest BCUT2D eigenvalue weighted by atomic mass is 10.3. The molecule has 0 saturated heterocycles. The number of imidazole rings is 1. The third-order valence-electron chi connectivity index (χ3n) is 2.88. The van der Waals surface area contributed by atoms with Gasteiger partial charge in [0.05, 0.1) is 36.1 Å². The summed E-state index contributed by atoms with van der Waals surface area (Å²) in [7, 11) is 4.05. The van der Waals surface area contributed by atoms with E-state index in [0.29, 0.717) is 0 Å². The highest BCUT2D eigenvalue weighted by molar-refractivity contribution is 5.67. The van der Waals surface area contributed by atoms with Crippen molar-refractivity contribution in [3.05, 3.63) is 36.7 Å². The van der Waals surface area contributed by atoms with Crippen molar-refractivity contribution in [1.29, 1.82) is 0 Å². The monoisotopic (exact) mass is 245 g/mol. The summed E-state index contributed by atoms with van der Waals surface area (Å²) in [5.41, 5.74) is 3.34. The minimum atomic E-state index is 0.750. The second-order valence-electron chi connectivity index (χ2n) is 4.31. The zero-order valence-corrected chi connectivity index (χ0v) is 11.1. The Morgan fingerprint density at radius 2 is 2.11 bits per heavy atom. The van der Waals surface area contributed by atoms with Crippen molar-refractivity contribution in [3.8, 4) is 0 Å². The molecule has 0 saturated carbocycles. The molecule has 0 bridgehead atoms. The Hall–Kier alpha value is -2.04. The minimum Gasteiger partial charge on any atom is -0.376 e. The number of nitrogens with one attached hydrogen (secondary N) is 1. The van der Waals surface area contributed by atoms with Crippen molar-refractivity contribution >= 4 is 11.4 Å². The Morgan fingerprint density at radius 3 is 2.83 bits per heavy atom. The van der Waals surface area contributed by atoms with Gasteiger partial charge < -0.3 is 14.8 Å². The average molecular weight is 245 g/mol. The van der Waals surface area contributed by atoms with Crippen LogP contribution in [0.15, 0.2) is 31.0 Å². The van der Waals surface area contributed by atoms with Crippen LogP contribution in [0, 0.1) is 0 Å². The lowest BCUT2D eigenvalue weighted by molar-refractivity contribution is 0.719. The van der Waals surface area contributed by atoms with Gasteiger partial charge in [0, 0.05) is 33.0 Å². The molecular weight excluding hydrogens is 226 g/mol. The zero-order chi connectivity index (χ0) is 13.0. The second-order valence-corrected chi connectivity index (χ2v) is 4.31. The maximum absolute atomic E-state index is 4.16. The number of rotatable bonds is 5. The molecule has 2 rings (SSSR count). The molecule has 5 nitrogen and oxygen atoms in total. The third kappa shape index (κ3) is 2.61. The van der Waals surface area contributed by atoms with Crippen LogP contribution in [-0.4, -0.2) is 28.6 Å². The normalized spacial score (nSPS) is 10.4. The number of aromatic nitrogens is 3. The molecule has 0 spiro atoms. The maximum atomic E-state index is 4.16. The molecule has 0 aromatic carbocycles. The van der Waals surface area contributed by atoms with Crippen molar-refractivity contribution < 1.29 is 0 Å². The molecule has 2 aromatic rings. The summed E-state index contributed by atoms with van der Waals surface area (Å²) in [6.07, 6.45) is 7.40. The van der Waals surface area contributed by atoms with Crippen LogP contribution >= 0.6 is 0 Å². The molecule has 0 fully saturated rings. The SMILES string of the molecule is CCn1cncc1CNc1cnccc1N(C)C. The highest BCUT2D eigenvalue weighted by atomic mass is 15.1. The van der Waals surface area contributed by atoms with Gasteiger partial charge in [0.1, 0.15) is 0 Å². The first-order chi connectivity index (χ1) is 8.72. The van der Waals surface area contributed by atoms with Crippen LogP contribution in [0.3, 0.4) is 0 Å². The van der Waals surface area contributed by atoms with Crippen molar-refractivity contribution in [2.75, 3.05) is 24.3 Å². The lowest BCUT2D eigenvalue weighted by Crippen LogP contribution is -2.13. The summed E-state index contributed by atoms with van der Waals surface area (Å²) >= 11 is 0. The Bertz CT molecular complexity index is 504. The van der Waals surface area contributed by atoms with Gasteiger partial charge in [0.15, 0.2) is 0 Å². The van der Waals surface area contributed by atoms with E-state index in [4.69, 9.17) is 0 Å². The van der Waals surface area contributed by atoms with Gasteiger partial charge >= 0.3 is 0 Å². The molecule has 0 radical (unpaired) electrons. The standard InChI is InChI=1S/C13H19N5/c1-4-18-10-15-7-11(18)8-16-12-9-14-6-5-13(12)17(2)3/h5-7,9-10,16H,4,8H2,1-3H3. The Morgan fingerprint density at radius 1 is 1.28 bits per heavy atom. The van der Waals surface area contributed by atoms with Crippen LogP contribution in [0.25, 0.3) is 0 Å². The van der Waals surface area contributed by atoms with Gasteiger partial charge in [-0.1, -0.05) is 0 Å². The first-order valence-corrected chi connectivity index (χ1v) is 6.06. The van der Waals surface area contributed by atoms with E-state index in [1.807, 2.05) is 38.9 Å². The van der Waals surface area contributed by atoms with Crippen molar-refractivity contribution in [2.24, 2.45) is 0 Å². The molecule has 1 N–H and O–H groups in total. The fourth-order valence-corrected chi connectivity index (χ4v) is 1.88. The molecule has 2 aromatic heterocycles. The molecule has 0 atom stereocenters. The number of pyridine rings is 1. The van der Waals surface area contributed by atoms with Gasteiger partial charge in [-0.15, -0.1) is 0 Å². The van der Waals surface area contributed by atoms with Gasteiger partial charge in [0.25, 0.3) is 0 Å². The van der Waals surface area contributed by atoms with Gasteiger partial charge in [-0.3, -0.25) is 4.98 Å². The predicted octanol–water partition coefficient (Wildman–Crippen LogP) is 1.98. The van der Waals surface area contributed by atoms with Gasteiger partial charge in [-0.2, -0.15) is 0 Å². The maximum Gasteiger partial charge on any atom is 0.0948 e. The first kappa shape index (κ1) is 12.4. The molecule has 0 unspecified atom stereocenters. The van der Waals surface area contributed by atoms with Crippen LogP contribution in [0.2, 0.25) is 0 Å². The van der Waals surface area contributed by atoms with Crippen LogP contribution in [0.4, 0.5) is 11.4 Å². The Kier molecular flexibility index (Phi) is 3.82. The summed E-state index contributed by atoms with van der Waals surface area (Å²) in [6, 6.07) is 2.00. The fourth-order valence-electron chi connectivity index (χ4n) is 1.88. The zero-order valence-electron chi connectivity index (χ0n) is 11.1. The molecule has 0 aliphatic carbocycles. The molecule has 0 aliphatic heterocycles. The van der Waals surface area contributed by atoms with Crippen molar-refractivity contribution in [1.82, 2.24) is 14.5 Å². The Balaban J connectivity index is 2.11. The number of hydrogen-bond donors (Lipinski definition) is 1. The van der Waals surface area contributed by atoms with Crippen LogP contribution in [0.5, 0.6) is 0 Å². The summed E-state index contributed by atoms with van der Waals surface area (Å²) in [5.74, 6) is 0. The van der Waals surface area contributed by atoms with Gasteiger partial charge in [0.2, 0.25) is 0 Å². The number of hydrogen-bond acceptors (Lipinski definition) is 4. The van der Waals surface area contributed by atoms with E-state index in [0.717, 1.165) is 24.5 Å². The average Bonchev–Trinajstić information content (AvgIpc) is 2.84. The van der Waals surface area contributed by atoms with E-state index >= 15 is 0 Å². The smallest absolute Gasteiger partial charge is 0.0948 e. The van der Waals surface area contributed by atoms with E-state index in [1.54, 1.807) is 6.20 Å². The van der Waals surface area contributed by atoms with Gasteiger partial charge in [-0.25, -0.2) is 4.98 Å². The lowest BCUT2D eigenvalue weighted by Gasteiger charge is -2.18. The molecule has 0 amide bonds. The quantitative estimate of drug-likeness (QED) is 0.875. The largest absolute Gasteiger partial charge is 0.376 e. The second kappa shape index (κ2) is 5.53. The van der Waals surface area contributed by atoms with Crippen LogP contribution in [-0.2, 0) is 13.1 Å². The van der Waals surface area contributed by atoms with E-state index in [2.05, 4.69) is 31.7 Å². The molecule has 18 heavy (non-hydrogen) atoms. The molecule has 5 heteroatoms. The molecule has 96 valence electrons. The van der Waals surface area contributed by atoms with Gasteiger partial charge in [-0.05, 0) is 13.0 Å². The van der Waals surface area contributed by atoms with E-state index in [-0.39, 0.29) is 0 Å². The Labute approximate surface area is 107 Å². The molecular formula is C13H19N5. The highest BCUT2D eigenvalue weighted by Crippen LogP contribution is 2.22. The number of nitrogens with zero attached hydrogens (tertiary/aromatic N) is 4. The van der Waals surface area contributed by atoms with Crippen LogP contribution in [0.1, 0.15) is 12.6 Å². The minimum absolute atomic E-state index is 0.750. The fraction of sp³-hybridized carbons (Fsp3) is 0.385. The highest BCUT2D eigenvalue weighted by Gasteiger charge is 2.05. The van der Waals surface area contributed by atoms with Crippen LogP contribution < -0.4 is 10.2 Å². The molecule has 2 heterocycles. The number of aryl methyl sites for hydroxylation is 1. The number of anilines is 2. The van der Waals surface area contributed by atoms with Crippen molar-refractivity contribution in [2.45, 2.75) is 20.0 Å². The summed E-state index contributed by atoms with van der Waals surface area (Å²) in [6.45, 7) is 3.80. The van der Waals surface area contributed by atoms with E-state index in [1.165, 1.54) is 5.69 Å². The topological polar surface area (TPSA) is 46.0 Å². The van der Waals surface area contributed by atoms with Crippen molar-refractivity contribution in [3.63, 3.8) is 0 Å². The summed E-state index contributed by atoms with van der Waals surface area (Å²) < 4.78 is 2.12. The molecule has 0 aliphatic rings. The van der Waals surface area contributed by atoms with E-state index < -0.39 is 0 Å². The third-order valence-corrected chi connectivity index (χ3v) is 2.88. The summed E-state index contributed by atoms with van der Waals surface area (Å²) in [4.78, 5) is 10.4.